The SMILES string of the molecule is O=C(Cn1nc(-c2ccc(F)cc2)oc1=O)Nc1cc(Cl)ccc1-n1cncn1. The Morgan fingerprint density at radius 2 is 2.00 bits per heavy atom. The van der Waals surface area contributed by atoms with Crippen LogP contribution in [0.1, 0.15) is 0 Å². The van der Waals surface area contributed by atoms with Crippen LogP contribution in [0, 0.1) is 5.82 Å². The van der Waals surface area contributed by atoms with E-state index in [0.29, 0.717) is 22.0 Å². The second-order valence-electron chi connectivity index (χ2n) is 5.89. The summed E-state index contributed by atoms with van der Waals surface area (Å²) in [7, 11) is 0. The minimum absolute atomic E-state index is 0.0196. The van der Waals surface area contributed by atoms with Gasteiger partial charge in [-0.1, -0.05) is 11.6 Å². The molecule has 0 bridgehead atoms. The van der Waals surface area contributed by atoms with E-state index < -0.39 is 24.0 Å². The van der Waals surface area contributed by atoms with Crippen LogP contribution in [-0.2, 0) is 11.3 Å². The van der Waals surface area contributed by atoms with Gasteiger partial charge in [0, 0.05) is 10.6 Å². The quantitative estimate of drug-likeness (QED) is 0.537. The van der Waals surface area contributed by atoms with Gasteiger partial charge in [0.1, 0.15) is 25.0 Å². The van der Waals surface area contributed by atoms with Gasteiger partial charge >= 0.3 is 5.76 Å². The number of aromatic nitrogens is 5. The molecular formula is C18H12ClFN6O3. The van der Waals surface area contributed by atoms with Gasteiger partial charge in [0.25, 0.3) is 0 Å². The van der Waals surface area contributed by atoms with Gasteiger partial charge in [-0.25, -0.2) is 18.9 Å². The molecular weight excluding hydrogens is 403 g/mol. The lowest BCUT2D eigenvalue weighted by Gasteiger charge is -2.11. The van der Waals surface area contributed by atoms with Crippen LogP contribution in [0.4, 0.5) is 10.1 Å². The first-order valence-electron chi connectivity index (χ1n) is 8.28. The van der Waals surface area contributed by atoms with Crippen LogP contribution in [0.15, 0.2) is 64.3 Å². The van der Waals surface area contributed by atoms with Gasteiger partial charge in [0.05, 0.1) is 11.4 Å². The third kappa shape index (κ3) is 4.06. The largest absolute Gasteiger partial charge is 0.437 e. The number of nitrogens with one attached hydrogen (secondary N) is 1. The summed E-state index contributed by atoms with van der Waals surface area (Å²) < 4.78 is 20.4. The Kier molecular flexibility index (Phi) is 4.92. The van der Waals surface area contributed by atoms with E-state index in [1.165, 1.54) is 41.6 Å². The van der Waals surface area contributed by atoms with Gasteiger partial charge in [-0.3, -0.25) is 4.79 Å². The Morgan fingerprint density at radius 3 is 2.72 bits per heavy atom. The van der Waals surface area contributed by atoms with E-state index in [4.69, 9.17) is 16.0 Å². The third-order valence-corrected chi connectivity index (χ3v) is 4.12. The van der Waals surface area contributed by atoms with Crippen LogP contribution in [0.2, 0.25) is 5.02 Å². The summed E-state index contributed by atoms with van der Waals surface area (Å²) in [6.07, 6.45) is 2.82. The number of carbonyl (C=O) groups excluding carboxylic acids is 1. The summed E-state index contributed by atoms with van der Waals surface area (Å²) in [5.41, 5.74) is 1.33. The number of hydrogen-bond acceptors (Lipinski definition) is 6. The molecule has 0 radical (unpaired) electrons. The molecule has 11 heteroatoms. The smallest absolute Gasteiger partial charge is 0.388 e. The number of anilines is 1. The van der Waals surface area contributed by atoms with Crippen molar-refractivity contribution in [3.05, 3.63) is 76.5 Å². The molecule has 0 aliphatic heterocycles. The van der Waals surface area contributed by atoms with Gasteiger partial charge in [0.15, 0.2) is 0 Å². The van der Waals surface area contributed by atoms with Crippen molar-refractivity contribution in [2.45, 2.75) is 6.54 Å². The number of amides is 1. The Balaban J connectivity index is 1.55. The number of hydrogen-bond donors (Lipinski definition) is 1. The Morgan fingerprint density at radius 1 is 1.21 bits per heavy atom. The van der Waals surface area contributed by atoms with Gasteiger partial charge in [-0.2, -0.15) is 9.78 Å². The van der Waals surface area contributed by atoms with Crippen molar-refractivity contribution in [3.63, 3.8) is 0 Å². The molecule has 9 nitrogen and oxygen atoms in total. The maximum Gasteiger partial charge on any atom is 0.437 e. The highest BCUT2D eigenvalue weighted by Gasteiger charge is 2.15. The average Bonchev–Trinajstić information content (AvgIpc) is 3.33. The zero-order chi connectivity index (χ0) is 20.4. The van der Waals surface area contributed by atoms with Crippen molar-refractivity contribution < 1.29 is 13.6 Å². The van der Waals surface area contributed by atoms with Gasteiger partial charge < -0.3 is 9.73 Å². The molecule has 0 saturated carbocycles. The van der Waals surface area contributed by atoms with Crippen molar-refractivity contribution in [2.75, 3.05) is 5.32 Å². The highest BCUT2D eigenvalue weighted by Crippen LogP contribution is 2.24. The lowest BCUT2D eigenvalue weighted by Crippen LogP contribution is -2.26. The van der Waals surface area contributed by atoms with Gasteiger partial charge in [-0.05, 0) is 42.5 Å². The molecule has 0 fully saturated rings. The summed E-state index contributed by atoms with van der Waals surface area (Å²) in [5, 5.41) is 11.1. The van der Waals surface area contributed by atoms with E-state index in [2.05, 4.69) is 20.5 Å². The molecule has 146 valence electrons. The molecule has 0 spiro atoms. The highest BCUT2D eigenvalue weighted by atomic mass is 35.5. The van der Waals surface area contributed by atoms with E-state index in [1.807, 2.05) is 0 Å². The van der Waals surface area contributed by atoms with Crippen molar-refractivity contribution >= 4 is 23.2 Å². The molecule has 1 amide bonds. The van der Waals surface area contributed by atoms with E-state index >= 15 is 0 Å². The van der Waals surface area contributed by atoms with E-state index in [-0.39, 0.29) is 5.89 Å². The molecule has 0 saturated heterocycles. The first kappa shape index (κ1) is 18.6. The summed E-state index contributed by atoms with van der Waals surface area (Å²) >= 11 is 6.02. The van der Waals surface area contributed by atoms with E-state index in [0.717, 1.165) is 4.68 Å². The average molecular weight is 415 g/mol. The maximum atomic E-state index is 13.0. The van der Waals surface area contributed by atoms with Crippen molar-refractivity contribution in [3.8, 4) is 17.1 Å². The first-order valence-corrected chi connectivity index (χ1v) is 8.66. The van der Waals surface area contributed by atoms with E-state index in [1.54, 1.807) is 18.2 Å². The molecule has 4 rings (SSSR count). The number of halogens is 2. The van der Waals surface area contributed by atoms with Crippen molar-refractivity contribution in [1.29, 1.82) is 0 Å². The maximum absolute atomic E-state index is 13.0. The molecule has 0 unspecified atom stereocenters. The van der Waals surface area contributed by atoms with E-state index in [9.17, 15) is 14.0 Å². The van der Waals surface area contributed by atoms with Crippen molar-refractivity contribution in [1.82, 2.24) is 24.5 Å². The van der Waals surface area contributed by atoms with Crippen LogP contribution < -0.4 is 11.1 Å². The number of carbonyl (C=O) groups is 1. The topological polar surface area (TPSA) is 108 Å². The van der Waals surface area contributed by atoms with Crippen LogP contribution in [0.3, 0.4) is 0 Å². The van der Waals surface area contributed by atoms with Gasteiger partial charge in [0.2, 0.25) is 11.8 Å². The molecule has 0 aliphatic rings. The zero-order valence-electron chi connectivity index (χ0n) is 14.6. The standard InChI is InChI=1S/C18H12ClFN6O3/c19-12-3-6-15(26-10-21-9-22-26)14(7-12)23-16(27)8-25-18(28)29-17(24-25)11-1-4-13(20)5-2-11/h1-7,9-10H,8H2,(H,23,27). The molecule has 4 aromatic rings. The fraction of sp³-hybridized carbons (Fsp3) is 0.0556. The molecule has 2 heterocycles. The molecule has 2 aromatic carbocycles. The highest BCUT2D eigenvalue weighted by molar-refractivity contribution is 6.31. The minimum atomic E-state index is -0.818. The molecule has 29 heavy (non-hydrogen) atoms. The molecule has 0 atom stereocenters. The monoisotopic (exact) mass is 414 g/mol. The fourth-order valence-electron chi connectivity index (χ4n) is 2.58. The van der Waals surface area contributed by atoms with Crippen LogP contribution >= 0.6 is 11.6 Å². The number of nitrogens with zero attached hydrogens (tertiary/aromatic N) is 5. The van der Waals surface area contributed by atoms with Crippen LogP contribution in [0.25, 0.3) is 17.1 Å². The number of rotatable bonds is 5. The Labute approximate surface area is 167 Å². The third-order valence-electron chi connectivity index (χ3n) is 3.89. The predicted molar refractivity (Wildman–Crippen MR) is 101 cm³/mol. The summed E-state index contributed by atoms with van der Waals surface area (Å²) in [6, 6.07) is 10.1. The molecule has 0 aliphatic carbocycles. The van der Waals surface area contributed by atoms with Crippen molar-refractivity contribution in [2.24, 2.45) is 0 Å². The first-order chi connectivity index (χ1) is 14.0. The van der Waals surface area contributed by atoms with Gasteiger partial charge in [-0.15, -0.1) is 5.10 Å². The second-order valence-corrected chi connectivity index (χ2v) is 6.32. The Bertz CT molecular complexity index is 1220. The fourth-order valence-corrected chi connectivity index (χ4v) is 2.75. The zero-order valence-corrected chi connectivity index (χ0v) is 15.4. The van der Waals surface area contributed by atoms with Crippen LogP contribution in [-0.4, -0.2) is 30.5 Å². The molecule has 1 N–H and O–H groups in total. The summed E-state index contributed by atoms with van der Waals surface area (Å²) in [5.74, 6) is -1.80. The predicted octanol–water partition coefficient (Wildman–Crippen LogP) is 2.52. The number of benzene rings is 2. The lowest BCUT2D eigenvalue weighted by atomic mass is 10.2. The van der Waals surface area contributed by atoms with Crippen LogP contribution in [0.5, 0.6) is 0 Å². The summed E-state index contributed by atoms with van der Waals surface area (Å²) in [4.78, 5) is 28.4. The normalized spacial score (nSPS) is 10.8. The summed E-state index contributed by atoms with van der Waals surface area (Å²) in [6.45, 7) is -0.396. The molecule has 2 aromatic heterocycles. The minimum Gasteiger partial charge on any atom is -0.388 e. The lowest BCUT2D eigenvalue weighted by molar-refractivity contribution is -0.117. The second kappa shape index (κ2) is 7.68. The Hall–Kier alpha value is -3.79.